The second-order valence-corrected chi connectivity index (χ2v) is 11.1. The van der Waals surface area contributed by atoms with E-state index in [0.717, 1.165) is 11.3 Å². The van der Waals surface area contributed by atoms with Gasteiger partial charge < -0.3 is 4.90 Å². The zero-order valence-electron chi connectivity index (χ0n) is 22.4. The first-order chi connectivity index (χ1) is 18.9. The monoisotopic (exact) mass is 528 g/mol. The van der Waals surface area contributed by atoms with Crippen LogP contribution in [0.25, 0.3) is 28.4 Å². The van der Waals surface area contributed by atoms with E-state index in [4.69, 9.17) is 4.98 Å². The van der Waals surface area contributed by atoms with Crippen LogP contribution in [0.5, 0.6) is 0 Å². The highest BCUT2D eigenvalue weighted by Crippen LogP contribution is 2.34. The van der Waals surface area contributed by atoms with Crippen LogP contribution in [0.3, 0.4) is 0 Å². The smallest absolute Gasteiger partial charge is 0.273 e. The van der Waals surface area contributed by atoms with Crippen LogP contribution in [0.4, 0.5) is 4.39 Å². The van der Waals surface area contributed by atoms with Gasteiger partial charge in [-0.3, -0.25) is 19.1 Å². The Labute approximate surface area is 226 Å². The molecule has 2 fully saturated rings. The van der Waals surface area contributed by atoms with Crippen LogP contribution in [0, 0.1) is 5.92 Å². The maximum absolute atomic E-state index is 13.7. The van der Waals surface area contributed by atoms with Crippen LogP contribution in [0.15, 0.2) is 47.4 Å². The second-order valence-electron chi connectivity index (χ2n) is 11.1. The Morgan fingerprint density at radius 3 is 2.51 bits per heavy atom. The number of fused-ring (bicyclic) bond motifs is 1. The fourth-order valence-corrected chi connectivity index (χ4v) is 5.72. The lowest BCUT2D eigenvalue weighted by atomic mass is 9.84. The van der Waals surface area contributed by atoms with E-state index in [1.165, 1.54) is 48.2 Å². The van der Waals surface area contributed by atoms with E-state index in [-0.39, 0.29) is 34.5 Å². The summed E-state index contributed by atoms with van der Waals surface area (Å²) in [6.07, 6.45) is 7.91. The van der Waals surface area contributed by atoms with Crippen LogP contribution < -0.4 is 5.56 Å². The van der Waals surface area contributed by atoms with Gasteiger partial charge in [-0.1, -0.05) is 57.4 Å². The standard InChI is InChI=1S/C30H33FN6O2/c1-18(2)23-12-13-32-28(33-23)27-26(30(39)36-16-19(15-31)17-36)29-34-24(14-25(38)37(29)35-27)22-10-8-21(9-11-22)20-6-4-3-5-7-20/h8-14,18-20,35H,3-7,15-17H2,1-2H3. The van der Waals surface area contributed by atoms with Crippen LogP contribution in [-0.2, 0) is 0 Å². The lowest BCUT2D eigenvalue weighted by Gasteiger charge is -2.37. The molecule has 4 heterocycles. The van der Waals surface area contributed by atoms with Crippen LogP contribution in [0.1, 0.15) is 79.4 Å². The number of benzene rings is 1. The summed E-state index contributed by atoms with van der Waals surface area (Å²) in [5, 5.41) is 3.05. The molecule has 0 unspecified atom stereocenters. The van der Waals surface area contributed by atoms with Crippen molar-refractivity contribution in [1.82, 2.24) is 29.5 Å². The van der Waals surface area contributed by atoms with Crippen molar-refractivity contribution in [2.24, 2.45) is 5.92 Å². The average Bonchev–Trinajstić information content (AvgIpc) is 3.33. The molecular formula is C30H33FN6O2. The highest BCUT2D eigenvalue weighted by atomic mass is 19.1. The Morgan fingerprint density at radius 2 is 1.82 bits per heavy atom. The maximum atomic E-state index is 13.7. The molecule has 0 bridgehead atoms. The Balaban J connectivity index is 1.45. The maximum Gasteiger partial charge on any atom is 0.273 e. The summed E-state index contributed by atoms with van der Waals surface area (Å²) in [4.78, 5) is 42.5. The van der Waals surface area contributed by atoms with E-state index in [9.17, 15) is 14.0 Å². The Hall–Kier alpha value is -3.88. The Bertz CT molecular complexity index is 1560. The molecular weight excluding hydrogens is 495 g/mol. The van der Waals surface area contributed by atoms with Crippen molar-refractivity contribution in [2.75, 3.05) is 19.8 Å². The largest absolute Gasteiger partial charge is 0.338 e. The molecule has 1 saturated carbocycles. The first-order valence-corrected chi connectivity index (χ1v) is 13.9. The molecule has 1 aliphatic heterocycles. The number of hydrogen-bond donors (Lipinski definition) is 1. The molecule has 3 aromatic heterocycles. The van der Waals surface area contributed by atoms with Crippen molar-refractivity contribution in [1.29, 1.82) is 0 Å². The summed E-state index contributed by atoms with van der Waals surface area (Å²) in [6, 6.07) is 11.6. The molecule has 1 saturated heterocycles. The van der Waals surface area contributed by atoms with E-state index in [0.29, 0.717) is 36.2 Å². The van der Waals surface area contributed by atoms with E-state index < -0.39 is 6.67 Å². The van der Waals surface area contributed by atoms with E-state index in [1.54, 1.807) is 11.1 Å². The molecule has 0 radical (unpaired) electrons. The van der Waals surface area contributed by atoms with Gasteiger partial charge in [-0.15, -0.1) is 0 Å². The minimum Gasteiger partial charge on any atom is -0.338 e. The number of carbonyl (C=O) groups excluding carboxylic acids is 1. The number of aromatic amines is 1. The minimum absolute atomic E-state index is 0.153. The molecule has 1 aromatic carbocycles. The van der Waals surface area contributed by atoms with Crippen molar-refractivity contribution < 1.29 is 9.18 Å². The first kappa shape index (κ1) is 25.4. The molecule has 0 spiro atoms. The van der Waals surface area contributed by atoms with E-state index in [1.807, 2.05) is 32.0 Å². The second kappa shape index (κ2) is 10.4. The summed E-state index contributed by atoms with van der Waals surface area (Å²) in [6.45, 7) is 4.23. The van der Waals surface area contributed by atoms with Crippen LogP contribution >= 0.6 is 0 Å². The number of aromatic nitrogens is 5. The van der Waals surface area contributed by atoms with Gasteiger partial charge in [0.2, 0.25) is 0 Å². The van der Waals surface area contributed by atoms with Gasteiger partial charge in [0.1, 0.15) is 11.3 Å². The molecule has 0 atom stereocenters. The van der Waals surface area contributed by atoms with Crippen molar-refractivity contribution in [3.05, 3.63) is 69.8 Å². The Morgan fingerprint density at radius 1 is 1.08 bits per heavy atom. The van der Waals surface area contributed by atoms with Gasteiger partial charge in [0.15, 0.2) is 11.5 Å². The molecule has 6 rings (SSSR count). The predicted molar refractivity (Wildman–Crippen MR) is 148 cm³/mol. The highest BCUT2D eigenvalue weighted by Gasteiger charge is 2.35. The zero-order chi connectivity index (χ0) is 27.1. The SMILES string of the molecule is CC(C)c1ccnc(-c2[nH]n3c(=O)cc(-c4ccc(C5CCCCC5)cc4)nc3c2C(=O)N2CC(CF)C2)n1. The number of nitrogens with zero attached hydrogens (tertiary/aromatic N) is 5. The molecule has 39 heavy (non-hydrogen) atoms. The normalized spacial score (nSPS) is 16.7. The molecule has 8 nitrogen and oxygen atoms in total. The van der Waals surface area contributed by atoms with Gasteiger partial charge in [0.25, 0.3) is 11.5 Å². The third-order valence-corrected chi connectivity index (χ3v) is 8.07. The number of hydrogen-bond acceptors (Lipinski definition) is 5. The molecule has 1 N–H and O–H groups in total. The van der Waals surface area contributed by atoms with E-state index >= 15 is 0 Å². The third kappa shape index (κ3) is 4.75. The lowest BCUT2D eigenvalue weighted by molar-refractivity contribution is 0.0455. The van der Waals surface area contributed by atoms with Gasteiger partial charge in [-0.05, 0) is 36.3 Å². The van der Waals surface area contributed by atoms with Crippen molar-refractivity contribution >= 4 is 11.6 Å². The van der Waals surface area contributed by atoms with E-state index in [2.05, 4.69) is 27.2 Å². The summed E-state index contributed by atoms with van der Waals surface area (Å²) in [7, 11) is 0. The van der Waals surface area contributed by atoms with Crippen molar-refractivity contribution in [3.63, 3.8) is 0 Å². The molecule has 1 amide bonds. The van der Waals surface area contributed by atoms with Gasteiger partial charge in [0.05, 0.1) is 12.4 Å². The number of alkyl halides is 1. The van der Waals surface area contributed by atoms with Crippen LogP contribution in [0.2, 0.25) is 0 Å². The topological polar surface area (TPSA) is 96.2 Å². The molecule has 9 heteroatoms. The number of amides is 1. The molecule has 4 aromatic rings. The minimum atomic E-state index is -0.469. The predicted octanol–water partition coefficient (Wildman–Crippen LogP) is 5.36. The average molecular weight is 529 g/mol. The van der Waals surface area contributed by atoms with Gasteiger partial charge >= 0.3 is 0 Å². The highest BCUT2D eigenvalue weighted by molar-refractivity contribution is 6.05. The van der Waals surface area contributed by atoms with Crippen molar-refractivity contribution in [3.8, 4) is 22.8 Å². The van der Waals surface area contributed by atoms with Gasteiger partial charge in [-0.25, -0.2) is 19.5 Å². The van der Waals surface area contributed by atoms with Crippen molar-refractivity contribution in [2.45, 2.75) is 57.8 Å². The number of rotatable bonds is 6. The lowest BCUT2D eigenvalue weighted by Crippen LogP contribution is -2.50. The van der Waals surface area contributed by atoms with Gasteiger partial charge in [0, 0.05) is 42.5 Å². The fourth-order valence-electron chi connectivity index (χ4n) is 5.72. The number of likely N-dealkylation sites (tertiary alicyclic amines) is 1. The zero-order valence-corrected chi connectivity index (χ0v) is 22.4. The van der Waals surface area contributed by atoms with Crippen LogP contribution in [-0.4, -0.2) is 55.1 Å². The molecule has 2 aliphatic rings. The Kier molecular flexibility index (Phi) is 6.74. The number of halogens is 1. The fraction of sp³-hybridized carbons (Fsp3) is 0.433. The third-order valence-electron chi connectivity index (χ3n) is 8.07. The van der Waals surface area contributed by atoms with Gasteiger partial charge in [-0.2, -0.15) is 0 Å². The summed E-state index contributed by atoms with van der Waals surface area (Å²) >= 11 is 0. The quantitative estimate of drug-likeness (QED) is 0.364. The number of nitrogens with one attached hydrogen (secondary N) is 1. The summed E-state index contributed by atoms with van der Waals surface area (Å²) in [5.41, 5.74) is 3.89. The summed E-state index contributed by atoms with van der Waals surface area (Å²) < 4.78 is 14.4. The number of carbonyl (C=O) groups is 1. The molecule has 202 valence electrons. The molecule has 1 aliphatic carbocycles. The number of H-pyrrole nitrogens is 1. The first-order valence-electron chi connectivity index (χ1n) is 13.9. The summed E-state index contributed by atoms with van der Waals surface area (Å²) in [5.74, 6) is 0.563.